The molecule has 0 aliphatic carbocycles. The molecule has 5 heteroatoms. The van der Waals surface area contributed by atoms with Crippen LogP contribution in [0.15, 0.2) is 22.7 Å². The Morgan fingerprint density at radius 2 is 2.10 bits per heavy atom. The SMILES string of the molecule is Cc1cc(Br)ccc1C(=O)N1CCCC(C)(C(=O)O)C1. The Hall–Kier alpha value is -1.36. The maximum atomic E-state index is 12.6. The summed E-state index contributed by atoms with van der Waals surface area (Å²) in [5.74, 6) is -0.912. The minimum Gasteiger partial charge on any atom is -0.481 e. The van der Waals surface area contributed by atoms with Crippen LogP contribution in [0.5, 0.6) is 0 Å². The summed E-state index contributed by atoms with van der Waals surface area (Å²) in [5, 5.41) is 9.31. The van der Waals surface area contributed by atoms with Crippen LogP contribution < -0.4 is 0 Å². The van der Waals surface area contributed by atoms with E-state index < -0.39 is 11.4 Å². The maximum absolute atomic E-state index is 12.6. The minimum atomic E-state index is -0.836. The lowest BCUT2D eigenvalue weighted by atomic mass is 9.82. The Morgan fingerprint density at radius 1 is 1.40 bits per heavy atom. The molecule has 1 aromatic rings. The second-order valence-electron chi connectivity index (χ2n) is 5.66. The fraction of sp³-hybridized carbons (Fsp3) is 0.467. The van der Waals surface area contributed by atoms with Crippen LogP contribution >= 0.6 is 15.9 Å². The lowest BCUT2D eigenvalue weighted by Crippen LogP contribution is -2.48. The first kappa shape index (κ1) is 15.0. The smallest absolute Gasteiger partial charge is 0.311 e. The quantitative estimate of drug-likeness (QED) is 0.900. The van der Waals surface area contributed by atoms with Crippen molar-refractivity contribution in [2.24, 2.45) is 5.41 Å². The number of halogens is 1. The Kier molecular flexibility index (Phi) is 4.18. The van der Waals surface area contributed by atoms with Crippen molar-refractivity contribution in [2.45, 2.75) is 26.7 Å². The van der Waals surface area contributed by atoms with Crippen molar-refractivity contribution in [1.82, 2.24) is 4.90 Å². The third kappa shape index (κ3) is 2.87. The summed E-state index contributed by atoms with van der Waals surface area (Å²) in [6, 6.07) is 5.52. The van der Waals surface area contributed by atoms with Gasteiger partial charge in [-0.2, -0.15) is 0 Å². The minimum absolute atomic E-state index is 0.0813. The molecule has 1 aromatic carbocycles. The first-order valence-corrected chi connectivity index (χ1v) is 7.42. The topological polar surface area (TPSA) is 57.6 Å². The van der Waals surface area contributed by atoms with Gasteiger partial charge in [0.25, 0.3) is 5.91 Å². The zero-order valence-corrected chi connectivity index (χ0v) is 13.2. The molecule has 1 atom stereocenters. The third-order valence-corrected chi connectivity index (χ3v) is 4.41. The molecule has 4 nitrogen and oxygen atoms in total. The van der Waals surface area contributed by atoms with E-state index in [0.717, 1.165) is 16.5 Å². The molecule has 0 radical (unpaired) electrons. The van der Waals surface area contributed by atoms with Crippen molar-refractivity contribution >= 4 is 27.8 Å². The molecular weight excluding hydrogens is 322 g/mol. The average Bonchev–Trinajstić information content (AvgIpc) is 2.38. The van der Waals surface area contributed by atoms with Crippen LogP contribution in [0.4, 0.5) is 0 Å². The molecule has 2 rings (SSSR count). The lowest BCUT2D eigenvalue weighted by Gasteiger charge is -2.37. The number of amides is 1. The number of hydrogen-bond acceptors (Lipinski definition) is 2. The molecular formula is C15H18BrNO3. The summed E-state index contributed by atoms with van der Waals surface area (Å²) in [6.45, 7) is 4.50. The van der Waals surface area contributed by atoms with E-state index >= 15 is 0 Å². The van der Waals surface area contributed by atoms with Crippen LogP contribution in [0.3, 0.4) is 0 Å². The zero-order chi connectivity index (χ0) is 14.9. The Morgan fingerprint density at radius 3 is 2.70 bits per heavy atom. The van der Waals surface area contributed by atoms with E-state index in [1.807, 2.05) is 19.1 Å². The zero-order valence-electron chi connectivity index (χ0n) is 11.6. The molecule has 1 N–H and O–H groups in total. The van der Waals surface area contributed by atoms with E-state index in [1.54, 1.807) is 17.9 Å². The van der Waals surface area contributed by atoms with Crippen molar-refractivity contribution < 1.29 is 14.7 Å². The van der Waals surface area contributed by atoms with Gasteiger partial charge in [0, 0.05) is 23.1 Å². The van der Waals surface area contributed by atoms with E-state index in [9.17, 15) is 14.7 Å². The molecule has 1 heterocycles. The number of carbonyl (C=O) groups excluding carboxylic acids is 1. The summed E-state index contributed by atoms with van der Waals surface area (Å²) in [5.41, 5.74) is 0.701. The maximum Gasteiger partial charge on any atom is 0.311 e. The molecule has 108 valence electrons. The molecule has 0 bridgehead atoms. The monoisotopic (exact) mass is 339 g/mol. The van der Waals surface area contributed by atoms with Crippen LogP contribution in [0.25, 0.3) is 0 Å². The van der Waals surface area contributed by atoms with Crippen LogP contribution in [-0.2, 0) is 4.79 Å². The fourth-order valence-electron chi connectivity index (χ4n) is 2.62. The van der Waals surface area contributed by atoms with Gasteiger partial charge in [-0.1, -0.05) is 15.9 Å². The van der Waals surface area contributed by atoms with Crippen molar-refractivity contribution in [3.8, 4) is 0 Å². The van der Waals surface area contributed by atoms with Crippen LogP contribution in [0, 0.1) is 12.3 Å². The summed E-state index contributed by atoms with van der Waals surface area (Å²) >= 11 is 3.38. The van der Waals surface area contributed by atoms with E-state index in [1.165, 1.54) is 0 Å². The highest BCUT2D eigenvalue weighted by Gasteiger charge is 2.39. The summed E-state index contributed by atoms with van der Waals surface area (Å²) < 4.78 is 0.931. The molecule has 0 saturated carbocycles. The number of piperidine rings is 1. The fourth-order valence-corrected chi connectivity index (χ4v) is 3.10. The van der Waals surface area contributed by atoms with Gasteiger partial charge in [-0.15, -0.1) is 0 Å². The third-order valence-electron chi connectivity index (χ3n) is 3.92. The van der Waals surface area contributed by atoms with Crippen LogP contribution in [0.1, 0.15) is 35.7 Å². The van der Waals surface area contributed by atoms with Crippen molar-refractivity contribution in [2.75, 3.05) is 13.1 Å². The highest BCUT2D eigenvalue weighted by molar-refractivity contribution is 9.10. The van der Waals surface area contributed by atoms with E-state index in [4.69, 9.17) is 0 Å². The van der Waals surface area contributed by atoms with Gasteiger partial charge in [0.15, 0.2) is 0 Å². The van der Waals surface area contributed by atoms with Gasteiger partial charge in [-0.05, 0) is 50.5 Å². The normalized spacial score (nSPS) is 22.6. The predicted octanol–water partition coefficient (Wildman–Crippen LogP) is 3.08. The van der Waals surface area contributed by atoms with E-state index in [-0.39, 0.29) is 12.5 Å². The molecule has 1 saturated heterocycles. The van der Waals surface area contributed by atoms with Crippen LogP contribution in [0.2, 0.25) is 0 Å². The van der Waals surface area contributed by atoms with Gasteiger partial charge in [0.2, 0.25) is 0 Å². The highest BCUT2D eigenvalue weighted by atomic mass is 79.9. The number of aliphatic carboxylic acids is 1. The molecule has 1 amide bonds. The average molecular weight is 340 g/mol. The standard InChI is InChI=1S/C15H18BrNO3/c1-10-8-11(16)4-5-12(10)13(18)17-7-3-6-15(2,9-17)14(19)20/h4-5,8H,3,6-7,9H2,1-2H3,(H,19,20). The summed E-state index contributed by atoms with van der Waals surface area (Å²) in [4.78, 5) is 25.6. The number of carboxylic acids is 1. The largest absolute Gasteiger partial charge is 0.481 e. The summed E-state index contributed by atoms with van der Waals surface area (Å²) in [7, 11) is 0. The Bertz CT molecular complexity index is 558. The van der Waals surface area contributed by atoms with Gasteiger partial charge in [-0.3, -0.25) is 9.59 Å². The van der Waals surface area contributed by atoms with Gasteiger partial charge in [0.1, 0.15) is 0 Å². The van der Waals surface area contributed by atoms with Crippen molar-refractivity contribution in [1.29, 1.82) is 0 Å². The molecule has 1 aliphatic heterocycles. The Labute approximate surface area is 126 Å². The number of carbonyl (C=O) groups is 2. The van der Waals surface area contributed by atoms with Gasteiger partial charge < -0.3 is 10.0 Å². The molecule has 20 heavy (non-hydrogen) atoms. The van der Waals surface area contributed by atoms with E-state index in [0.29, 0.717) is 18.5 Å². The van der Waals surface area contributed by atoms with Crippen molar-refractivity contribution in [3.63, 3.8) is 0 Å². The number of rotatable bonds is 2. The van der Waals surface area contributed by atoms with Crippen molar-refractivity contribution in [3.05, 3.63) is 33.8 Å². The number of benzene rings is 1. The predicted molar refractivity (Wildman–Crippen MR) is 79.8 cm³/mol. The van der Waals surface area contributed by atoms with Gasteiger partial charge >= 0.3 is 5.97 Å². The van der Waals surface area contributed by atoms with Gasteiger partial charge in [0.05, 0.1) is 5.41 Å². The number of carboxylic acid groups (broad SMARTS) is 1. The molecule has 0 aromatic heterocycles. The molecule has 1 unspecified atom stereocenters. The molecule has 0 spiro atoms. The Balaban J connectivity index is 2.23. The number of hydrogen-bond donors (Lipinski definition) is 1. The van der Waals surface area contributed by atoms with E-state index in [2.05, 4.69) is 15.9 Å². The highest BCUT2D eigenvalue weighted by Crippen LogP contribution is 2.31. The number of nitrogens with zero attached hydrogens (tertiary/aromatic N) is 1. The van der Waals surface area contributed by atoms with Crippen LogP contribution in [-0.4, -0.2) is 35.0 Å². The second-order valence-corrected chi connectivity index (χ2v) is 6.57. The molecule has 1 aliphatic rings. The first-order valence-electron chi connectivity index (χ1n) is 6.62. The second kappa shape index (κ2) is 5.56. The number of aryl methyl sites for hydroxylation is 1. The molecule has 1 fully saturated rings. The lowest BCUT2D eigenvalue weighted by molar-refractivity contribution is -0.150. The first-order chi connectivity index (χ1) is 9.33. The summed E-state index contributed by atoms with van der Waals surface area (Å²) in [6.07, 6.45) is 1.34. The van der Waals surface area contributed by atoms with Gasteiger partial charge in [-0.25, -0.2) is 0 Å². The number of likely N-dealkylation sites (tertiary alicyclic amines) is 1.